The zero-order valence-corrected chi connectivity index (χ0v) is 22.6. The molecule has 0 aliphatic rings. The number of methoxy groups -OCH3 is 3. The molecule has 3 rings (SSSR count). The van der Waals surface area contributed by atoms with Crippen molar-refractivity contribution in [3.05, 3.63) is 76.3 Å². The van der Waals surface area contributed by atoms with E-state index >= 15 is 0 Å². The number of hydrogen-bond donors (Lipinski definition) is 1. The zero-order chi connectivity index (χ0) is 26.3. The number of amides is 1. The molecule has 11 heteroatoms. The molecule has 9 nitrogen and oxygen atoms in total. The minimum Gasteiger partial charge on any atom is -0.497 e. The average molecular weight is 576 g/mol. The summed E-state index contributed by atoms with van der Waals surface area (Å²) in [4.78, 5) is 12.8. The third kappa shape index (κ3) is 6.35. The van der Waals surface area contributed by atoms with Gasteiger partial charge in [0.15, 0.2) is 11.5 Å². The summed E-state index contributed by atoms with van der Waals surface area (Å²) in [6, 6.07) is 16.3. The van der Waals surface area contributed by atoms with E-state index in [9.17, 15) is 13.2 Å². The van der Waals surface area contributed by atoms with Crippen LogP contribution in [0.5, 0.6) is 17.2 Å². The number of nitrogens with zero attached hydrogens (tertiary/aromatic N) is 2. The number of hydrazone groups is 1. The average Bonchev–Trinajstić information content (AvgIpc) is 2.87. The van der Waals surface area contributed by atoms with E-state index in [1.54, 1.807) is 48.5 Å². The second-order valence-electron chi connectivity index (χ2n) is 7.56. The molecule has 36 heavy (non-hydrogen) atoms. The van der Waals surface area contributed by atoms with Gasteiger partial charge in [-0.1, -0.05) is 23.8 Å². The first-order valence-corrected chi connectivity index (χ1v) is 12.9. The van der Waals surface area contributed by atoms with Crippen LogP contribution in [0.15, 0.2) is 75.1 Å². The van der Waals surface area contributed by atoms with Crippen LogP contribution in [0, 0.1) is 6.92 Å². The summed E-state index contributed by atoms with van der Waals surface area (Å²) in [6.45, 7) is 1.36. The molecule has 190 valence electrons. The van der Waals surface area contributed by atoms with Gasteiger partial charge in [0.25, 0.3) is 15.9 Å². The molecule has 0 spiro atoms. The van der Waals surface area contributed by atoms with Gasteiger partial charge in [-0.2, -0.15) is 5.10 Å². The molecule has 0 saturated carbocycles. The molecule has 0 aliphatic carbocycles. The Morgan fingerprint density at radius 3 is 2.39 bits per heavy atom. The van der Waals surface area contributed by atoms with Crippen molar-refractivity contribution >= 4 is 43.8 Å². The van der Waals surface area contributed by atoms with Gasteiger partial charge in [0.1, 0.15) is 12.3 Å². The Bertz CT molecular complexity index is 1360. The molecular formula is C25H26BrN3O6S. The number of anilines is 1. The number of rotatable bonds is 10. The van der Waals surface area contributed by atoms with E-state index in [2.05, 4.69) is 26.5 Å². The summed E-state index contributed by atoms with van der Waals surface area (Å²) in [6.07, 6.45) is 1.41. The molecule has 3 aromatic rings. The SMILES string of the molecule is COc1cccc(N(CC(=O)N/N=C\c2cc(Br)c(OC)c(OC)c2)S(=O)(=O)c2ccc(C)cc2)c1. The highest BCUT2D eigenvalue weighted by molar-refractivity contribution is 9.10. The maximum atomic E-state index is 13.5. The lowest BCUT2D eigenvalue weighted by molar-refractivity contribution is -0.119. The van der Waals surface area contributed by atoms with E-state index in [0.29, 0.717) is 27.3 Å². The summed E-state index contributed by atoms with van der Waals surface area (Å²) < 4.78 is 44.4. The van der Waals surface area contributed by atoms with E-state index in [4.69, 9.17) is 14.2 Å². The molecule has 1 amide bonds. The Hall–Kier alpha value is -3.57. The van der Waals surface area contributed by atoms with Crippen LogP contribution in [0.25, 0.3) is 0 Å². The number of halogens is 1. The first-order chi connectivity index (χ1) is 17.2. The van der Waals surface area contributed by atoms with Crippen molar-refractivity contribution in [3.8, 4) is 17.2 Å². The van der Waals surface area contributed by atoms with Gasteiger partial charge in [-0.05, 0) is 64.8 Å². The van der Waals surface area contributed by atoms with Gasteiger partial charge >= 0.3 is 0 Å². The predicted octanol–water partition coefficient (Wildman–Crippen LogP) is 4.13. The van der Waals surface area contributed by atoms with Gasteiger partial charge in [-0.25, -0.2) is 13.8 Å². The summed E-state index contributed by atoms with van der Waals surface area (Å²) >= 11 is 3.40. The lowest BCUT2D eigenvalue weighted by Gasteiger charge is -2.24. The first kappa shape index (κ1) is 27.0. The Morgan fingerprint density at radius 2 is 1.75 bits per heavy atom. The van der Waals surface area contributed by atoms with E-state index in [1.807, 2.05) is 6.92 Å². The number of aryl methyl sites for hydroxylation is 1. The van der Waals surface area contributed by atoms with Crippen LogP contribution in [0.3, 0.4) is 0 Å². The summed E-state index contributed by atoms with van der Waals surface area (Å²) in [5, 5.41) is 3.97. The monoisotopic (exact) mass is 575 g/mol. The molecule has 0 atom stereocenters. The third-order valence-corrected chi connectivity index (χ3v) is 7.47. The van der Waals surface area contributed by atoms with E-state index < -0.39 is 22.5 Å². The normalized spacial score (nSPS) is 11.2. The maximum Gasteiger partial charge on any atom is 0.264 e. The Labute approximate surface area is 218 Å². The minimum absolute atomic E-state index is 0.0578. The highest BCUT2D eigenvalue weighted by Gasteiger charge is 2.27. The standard InChI is InChI=1S/C25H26BrN3O6S/c1-17-8-10-21(11-9-17)36(31,32)29(19-6-5-7-20(14-19)33-2)16-24(30)28-27-15-18-12-22(26)25(35-4)23(13-18)34-3/h5-15H,16H2,1-4H3,(H,28,30)/b27-15-. The Kier molecular flexibility index (Phi) is 8.94. The minimum atomic E-state index is -4.06. The molecule has 0 unspecified atom stereocenters. The Balaban J connectivity index is 1.85. The van der Waals surface area contributed by atoms with Crippen molar-refractivity contribution in [1.82, 2.24) is 5.43 Å². The fourth-order valence-corrected chi connectivity index (χ4v) is 5.31. The number of ether oxygens (including phenoxy) is 3. The first-order valence-electron chi connectivity index (χ1n) is 10.7. The molecular weight excluding hydrogens is 550 g/mol. The topological polar surface area (TPSA) is 107 Å². The lowest BCUT2D eigenvalue weighted by Crippen LogP contribution is -2.39. The van der Waals surface area contributed by atoms with E-state index in [0.717, 1.165) is 9.87 Å². The smallest absolute Gasteiger partial charge is 0.264 e. The van der Waals surface area contributed by atoms with Gasteiger partial charge in [-0.15, -0.1) is 0 Å². The highest BCUT2D eigenvalue weighted by Crippen LogP contribution is 2.35. The van der Waals surface area contributed by atoms with Gasteiger partial charge < -0.3 is 14.2 Å². The summed E-state index contributed by atoms with van der Waals surface area (Å²) in [5.41, 5.74) is 4.19. The molecule has 3 aromatic carbocycles. The molecule has 0 fully saturated rings. The van der Waals surface area contributed by atoms with Gasteiger partial charge in [0.05, 0.1) is 42.6 Å². The molecule has 0 radical (unpaired) electrons. The zero-order valence-electron chi connectivity index (χ0n) is 20.2. The van der Waals surface area contributed by atoms with Crippen LogP contribution < -0.4 is 23.9 Å². The molecule has 0 saturated heterocycles. The lowest BCUT2D eigenvalue weighted by atomic mass is 10.2. The number of benzene rings is 3. The number of carbonyl (C=O) groups is 1. The van der Waals surface area contributed by atoms with Crippen molar-refractivity contribution in [2.75, 3.05) is 32.2 Å². The number of nitrogens with one attached hydrogen (secondary N) is 1. The molecule has 0 bridgehead atoms. The largest absolute Gasteiger partial charge is 0.497 e. The maximum absolute atomic E-state index is 13.5. The summed E-state index contributed by atoms with van der Waals surface area (Å²) in [7, 11) is 0.448. The van der Waals surface area contributed by atoms with Crippen LogP contribution in [0.1, 0.15) is 11.1 Å². The van der Waals surface area contributed by atoms with Crippen LogP contribution in [0.2, 0.25) is 0 Å². The van der Waals surface area contributed by atoms with E-state index in [1.165, 1.54) is 39.7 Å². The van der Waals surface area contributed by atoms with Crippen LogP contribution in [-0.4, -0.2) is 48.4 Å². The fraction of sp³-hybridized carbons (Fsp3) is 0.200. The van der Waals surface area contributed by atoms with Crippen LogP contribution in [0.4, 0.5) is 5.69 Å². The number of hydrogen-bond acceptors (Lipinski definition) is 7. The number of carbonyl (C=O) groups excluding carboxylic acids is 1. The van der Waals surface area contributed by atoms with E-state index in [-0.39, 0.29) is 10.6 Å². The van der Waals surface area contributed by atoms with Gasteiger partial charge in [0.2, 0.25) is 0 Å². The fourth-order valence-electron chi connectivity index (χ4n) is 3.28. The quantitative estimate of drug-likeness (QED) is 0.288. The van der Waals surface area contributed by atoms with Gasteiger partial charge in [-0.3, -0.25) is 9.10 Å². The van der Waals surface area contributed by atoms with Crippen molar-refractivity contribution < 1.29 is 27.4 Å². The number of sulfonamides is 1. The predicted molar refractivity (Wildman–Crippen MR) is 142 cm³/mol. The molecule has 0 heterocycles. The second-order valence-corrected chi connectivity index (χ2v) is 10.3. The molecule has 0 aliphatic heterocycles. The molecule has 1 N–H and O–H groups in total. The van der Waals surface area contributed by atoms with Crippen LogP contribution >= 0.6 is 15.9 Å². The highest BCUT2D eigenvalue weighted by atomic mass is 79.9. The van der Waals surface area contributed by atoms with Crippen molar-refractivity contribution in [2.24, 2.45) is 5.10 Å². The van der Waals surface area contributed by atoms with Crippen molar-refractivity contribution in [1.29, 1.82) is 0 Å². The van der Waals surface area contributed by atoms with Gasteiger partial charge in [0, 0.05) is 6.07 Å². The van der Waals surface area contributed by atoms with Crippen molar-refractivity contribution in [3.63, 3.8) is 0 Å². The molecule has 0 aromatic heterocycles. The van der Waals surface area contributed by atoms with Crippen molar-refractivity contribution in [2.45, 2.75) is 11.8 Å². The third-order valence-electron chi connectivity index (χ3n) is 5.10. The van der Waals surface area contributed by atoms with Crippen LogP contribution in [-0.2, 0) is 14.8 Å². The Morgan fingerprint density at radius 1 is 1.03 bits per heavy atom. The summed E-state index contributed by atoms with van der Waals surface area (Å²) in [5.74, 6) is 0.820. The second kappa shape index (κ2) is 11.9.